The molecule has 0 aliphatic rings. The van der Waals surface area contributed by atoms with E-state index < -0.39 is 0 Å². The van der Waals surface area contributed by atoms with Crippen LogP contribution in [0.4, 0.5) is 23.5 Å². The fourth-order valence-electron chi connectivity index (χ4n) is 2.39. The fraction of sp³-hybridized carbons (Fsp3) is 0.667. The van der Waals surface area contributed by atoms with Crippen LogP contribution >= 0.6 is 12.4 Å². The minimum Gasteiger partial charge on any atom is -0.368 e. The van der Waals surface area contributed by atoms with Crippen molar-refractivity contribution in [3.63, 3.8) is 0 Å². The number of hydrogen-bond acceptors (Lipinski definition) is 8. The molecule has 0 bridgehead atoms. The van der Waals surface area contributed by atoms with Crippen molar-refractivity contribution in [1.29, 1.82) is 0 Å². The second-order valence-corrected chi connectivity index (χ2v) is 6.94. The normalized spacial score (nSPS) is 10.8. The molecule has 0 atom stereocenters. The molecule has 2 heterocycles. The predicted molar refractivity (Wildman–Crippen MR) is 117 cm³/mol. The highest BCUT2D eigenvalue weighted by atomic mass is 35.5. The molecule has 0 amide bonds. The summed E-state index contributed by atoms with van der Waals surface area (Å²) >= 11 is 0. The van der Waals surface area contributed by atoms with E-state index in [1.165, 1.54) is 0 Å². The van der Waals surface area contributed by atoms with Crippen LogP contribution in [0.1, 0.15) is 54.4 Å². The quantitative estimate of drug-likeness (QED) is 0.475. The van der Waals surface area contributed by atoms with Gasteiger partial charge in [0.05, 0.1) is 0 Å². The maximum absolute atomic E-state index is 4.68. The van der Waals surface area contributed by atoms with Crippen molar-refractivity contribution in [3.05, 3.63) is 0 Å². The van der Waals surface area contributed by atoms with Gasteiger partial charge in [0.15, 0.2) is 11.6 Å². The molecule has 0 aromatic carbocycles. The van der Waals surface area contributed by atoms with Gasteiger partial charge in [0.1, 0.15) is 11.0 Å². The Hall–Kier alpha value is -2.09. The monoisotopic (exact) mass is 396 g/mol. The van der Waals surface area contributed by atoms with Gasteiger partial charge in [0, 0.05) is 25.2 Å². The van der Waals surface area contributed by atoms with E-state index in [1.807, 2.05) is 0 Å². The molecule has 0 radical (unpaired) electrons. The molecule has 0 fully saturated rings. The number of halogens is 1. The predicted octanol–water partition coefficient (Wildman–Crippen LogP) is 4.13. The van der Waals surface area contributed by atoms with Crippen LogP contribution in [-0.2, 0) is 0 Å². The first-order chi connectivity index (χ1) is 12.4. The lowest BCUT2D eigenvalue weighted by molar-refractivity contribution is 0.869. The average molecular weight is 397 g/mol. The maximum atomic E-state index is 4.68. The second kappa shape index (κ2) is 10.9. The van der Waals surface area contributed by atoms with Crippen LogP contribution in [0.15, 0.2) is 0 Å². The molecule has 4 N–H and O–H groups in total. The van der Waals surface area contributed by atoms with E-state index in [0.717, 1.165) is 48.6 Å². The summed E-state index contributed by atoms with van der Waals surface area (Å²) in [5.74, 6) is 2.63. The van der Waals surface area contributed by atoms with Crippen molar-refractivity contribution in [1.82, 2.24) is 19.9 Å². The van der Waals surface area contributed by atoms with Crippen molar-refractivity contribution in [2.24, 2.45) is 0 Å². The number of nitrogens with zero attached hydrogens (tertiary/aromatic N) is 4. The smallest absolute Gasteiger partial charge is 0.225 e. The summed E-state index contributed by atoms with van der Waals surface area (Å²) < 4.78 is 0. The molecule has 2 aromatic heterocycles. The summed E-state index contributed by atoms with van der Waals surface area (Å²) in [6.07, 6.45) is 2.00. The molecule has 0 aliphatic heterocycles. The lowest BCUT2D eigenvalue weighted by Crippen LogP contribution is -2.17. The second-order valence-electron chi connectivity index (χ2n) is 6.94. The summed E-state index contributed by atoms with van der Waals surface area (Å²) in [4.78, 5) is 18.6. The molecule has 2 aromatic rings. The minimum absolute atomic E-state index is 0. The highest BCUT2D eigenvalue weighted by Gasteiger charge is 2.16. The number of rotatable bonds is 10. The molecule has 0 unspecified atom stereocenters. The molecular weight excluding hydrogens is 364 g/mol. The van der Waals surface area contributed by atoms with Crippen LogP contribution in [0, 0.1) is 0 Å². The number of aromatic nitrogens is 4. The third-order valence-electron chi connectivity index (χ3n) is 3.46. The van der Waals surface area contributed by atoms with Gasteiger partial charge in [0.25, 0.3) is 0 Å². The lowest BCUT2D eigenvalue weighted by Gasteiger charge is -2.16. The number of nitrogens with one attached hydrogen (secondary N) is 4. The van der Waals surface area contributed by atoms with Crippen molar-refractivity contribution < 1.29 is 0 Å². The summed E-state index contributed by atoms with van der Waals surface area (Å²) in [7, 11) is 0. The number of anilines is 4. The van der Waals surface area contributed by atoms with E-state index in [0.29, 0.717) is 11.9 Å². The van der Waals surface area contributed by atoms with Crippen LogP contribution in [0.5, 0.6) is 0 Å². The molecule has 8 nitrogen and oxygen atoms in total. The molecule has 9 heteroatoms. The first kappa shape index (κ1) is 23.0. The zero-order valence-corrected chi connectivity index (χ0v) is 18.0. The Morgan fingerprint density at radius 3 is 1.33 bits per heavy atom. The Labute approximate surface area is 168 Å². The van der Waals surface area contributed by atoms with Crippen molar-refractivity contribution >= 4 is 47.0 Å². The van der Waals surface area contributed by atoms with Crippen LogP contribution in [-0.4, -0.2) is 45.1 Å². The van der Waals surface area contributed by atoms with Gasteiger partial charge in [-0.3, -0.25) is 0 Å². The zero-order valence-electron chi connectivity index (χ0n) is 17.2. The molecule has 27 heavy (non-hydrogen) atoms. The summed E-state index contributed by atoms with van der Waals surface area (Å²) in [6, 6.07) is 0.475. The van der Waals surface area contributed by atoms with Gasteiger partial charge in [-0.25, -0.2) is 9.97 Å². The minimum atomic E-state index is 0. The van der Waals surface area contributed by atoms with Crippen LogP contribution in [0.25, 0.3) is 11.0 Å². The first-order valence-corrected chi connectivity index (χ1v) is 9.55. The SMILES string of the molecule is CCCNc1nc(NC(C)C)nc2c(NCCC)nc(NC(C)C)nc12.Cl. The largest absolute Gasteiger partial charge is 0.368 e. The van der Waals surface area contributed by atoms with Gasteiger partial charge in [-0.15, -0.1) is 12.4 Å². The van der Waals surface area contributed by atoms with Crippen molar-refractivity contribution in [3.8, 4) is 0 Å². The molecule has 2 rings (SSSR count). The highest BCUT2D eigenvalue weighted by Crippen LogP contribution is 2.27. The van der Waals surface area contributed by atoms with Gasteiger partial charge in [-0.05, 0) is 40.5 Å². The van der Waals surface area contributed by atoms with Gasteiger partial charge >= 0.3 is 0 Å². The maximum Gasteiger partial charge on any atom is 0.225 e. The van der Waals surface area contributed by atoms with Crippen LogP contribution in [0.3, 0.4) is 0 Å². The number of hydrogen-bond donors (Lipinski definition) is 4. The Bertz CT molecular complexity index is 659. The molecule has 152 valence electrons. The topological polar surface area (TPSA) is 99.7 Å². The summed E-state index contributed by atoms with van der Waals surface area (Å²) in [5.41, 5.74) is 1.45. The Morgan fingerprint density at radius 2 is 1.04 bits per heavy atom. The standard InChI is InChI=1S/C18H32N8.ClH/c1-7-9-19-15-13-14(24-17(25-15)21-11(3)4)16(20-10-8-2)26-18(23-13)22-12(5)6;/h11-12H,7-10H2,1-6H3,(H2,19,21,24,25)(H2,20,22,23,26);1H. The molecule has 0 saturated heterocycles. The van der Waals surface area contributed by atoms with E-state index in [2.05, 4.69) is 82.7 Å². The molecule has 0 aliphatic carbocycles. The third kappa shape index (κ3) is 6.53. The van der Waals surface area contributed by atoms with E-state index >= 15 is 0 Å². The van der Waals surface area contributed by atoms with E-state index in [1.54, 1.807) is 0 Å². The van der Waals surface area contributed by atoms with E-state index in [-0.39, 0.29) is 24.5 Å². The Kier molecular flexibility index (Phi) is 9.28. The third-order valence-corrected chi connectivity index (χ3v) is 3.46. The van der Waals surface area contributed by atoms with Crippen LogP contribution in [0.2, 0.25) is 0 Å². The average Bonchev–Trinajstić information content (AvgIpc) is 2.57. The molecular formula is C18H33ClN8. The lowest BCUT2D eigenvalue weighted by atomic mass is 10.3. The fourth-order valence-corrected chi connectivity index (χ4v) is 2.39. The summed E-state index contributed by atoms with van der Waals surface area (Å²) in [6.45, 7) is 14.1. The highest BCUT2D eigenvalue weighted by molar-refractivity contribution is 5.94. The first-order valence-electron chi connectivity index (χ1n) is 9.55. The van der Waals surface area contributed by atoms with Gasteiger partial charge in [-0.2, -0.15) is 9.97 Å². The molecule has 0 saturated carbocycles. The van der Waals surface area contributed by atoms with Gasteiger partial charge in [-0.1, -0.05) is 13.8 Å². The van der Waals surface area contributed by atoms with Gasteiger partial charge < -0.3 is 21.3 Å². The number of fused-ring (bicyclic) bond motifs is 1. The Balaban J connectivity index is 0.00000364. The van der Waals surface area contributed by atoms with Crippen molar-refractivity contribution in [2.75, 3.05) is 34.4 Å². The van der Waals surface area contributed by atoms with Crippen molar-refractivity contribution in [2.45, 2.75) is 66.5 Å². The van der Waals surface area contributed by atoms with Gasteiger partial charge in [0.2, 0.25) is 11.9 Å². The molecule has 0 spiro atoms. The van der Waals surface area contributed by atoms with E-state index in [9.17, 15) is 0 Å². The van der Waals surface area contributed by atoms with E-state index in [4.69, 9.17) is 0 Å². The zero-order chi connectivity index (χ0) is 19.1. The van der Waals surface area contributed by atoms with Crippen LogP contribution < -0.4 is 21.3 Å². The summed E-state index contributed by atoms with van der Waals surface area (Å²) in [5, 5.41) is 13.3. The Morgan fingerprint density at radius 1 is 0.667 bits per heavy atom.